The molecule has 28 heavy (non-hydrogen) atoms. The number of rotatable bonds is 8. The third-order valence-corrected chi connectivity index (χ3v) is 5.64. The van der Waals surface area contributed by atoms with E-state index < -0.39 is 24.3 Å². The fraction of sp³-hybridized carbons (Fsp3) is 0.316. The lowest BCUT2D eigenvalue weighted by Gasteiger charge is -2.28. The van der Waals surface area contributed by atoms with Crippen LogP contribution in [0.4, 0.5) is 4.39 Å². The van der Waals surface area contributed by atoms with Crippen LogP contribution in [-0.2, 0) is 25.3 Å². The minimum Gasteiger partial charge on any atom is -0.405 e. The molecule has 1 unspecified atom stereocenters. The lowest BCUT2D eigenvalue weighted by Crippen LogP contribution is -2.50. The summed E-state index contributed by atoms with van der Waals surface area (Å²) in [5.74, 6) is -1.27. The van der Waals surface area contributed by atoms with E-state index in [4.69, 9.17) is 25.1 Å². The zero-order valence-electron chi connectivity index (χ0n) is 15.0. The van der Waals surface area contributed by atoms with Crippen molar-refractivity contribution < 1.29 is 27.6 Å². The highest BCUT2D eigenvalue weighted by Gasteiger charge is 2.46. The molecule has 0 radical (unpaired) electrons. The number of hydrogen-bond donors (Lipinski definition) is 1. The average molecular weight is 428 g/mol. The van der Waals surface area contributed by atoms with E-state index in [1.54, 1.807) is 0 Å². The van der Waals surface area contributed by atoms with Crippen LogP contribution in [-0.4, -0.2) is 11.5 Å². The van der Waals surface area contributed by atoms with E-state index in [-0.39, 0.29) is 12.4 Å². The van der Waals surface area contributed by atoms with Gasteiger partial charge in [-0.3, -0.25) is 4.84 Å². The van der Waals surface area contributed by atoms with Gasteiger partial charge in [0.1, 0.15) is 17.1 Å². The standard InChI is InChI=1S/C19H20ClFNO5P/c20-28(24,26-17-10-8-16(21)9-11-17)27-18(23)19(12-4-5-13-19)22-25-14-15-6-2-1-3-7-15/h1-3,6-11,22H,4-5,12-14H2. The second kappa shape index (κ2) is 9.05. The van der Waals surface area contributed by atoms with Crippen LogP contribution in [0.5, 0.6) is 5.75 Å². The predicted octanol–water partition coefficient (Wildman–Crippen LogP) is 5.13. The van der Waals surface area contributed by atoms with Crippen molar-refractivity contribution in [2.45, 2.75) is 37.8 Å². The molecule has 150 valence electrons. The van der Waals surface area contributed by atoms with Gasteiger partial charge in [0.05, 0.1) is 6.61 Å². The summed E-state index contributed by atoms with van der Waals surface area (Å²) in [6.07, 6.45) is 2.46. The van der Waals surface area contributed by atoms with Gasteiger partial charge in [-0.2, -0.15) is 5.48 Å². The van der Waals surface area contributed by atoms with Gasteiger partial charge >= 0.3 is 12.9 Å². The molecule has 0 aromatic heterocycles. The van der Waals surface area contributed by atoms with E-state index in [1.807, 2.05) is 30.3 Å². The SMILES string of the molecule is O=C(OP(=O)(Cl)Oc1ccc(F)cc1)C1(NOCc2ccccc2)CCCC1. The Hall–Kier alpha value is -1.92. The van der Waals surface area contributed by atoms with Crippen molar-refractivity contribution in [2.24, 2.45) is 0 Å². The number of carbonyl (C=O) groups is 1. The fourth-order valence-electron chi connectivity index (χ4n) is 2.98. The zero-order valence-corrected chi connectivity index (χ0v) is 16.6. The summed E-state index contributed by atoms with van der Waals surface area (Å²) in [6, 6.07) is 14.2. The van der Waals surface area contributed by atoms with Gasteiger partial charge in [-0.1, -0.05) is 43.2 Å². The Labute approximate surface area is 167 Å². The van der Waals surface area contributed by atoms with Crippen molar-refractivity contribution in [3.8, 4) is 5.75 Å². The third kappa shape index (κ3) is 5.55. The zero-order chi connectivity index (χ0) is 20.0. The highest BCUT2D eigenvalue weighted by molar-refractivity contribution is 7.82. The molecule has 1 saturated carbocycles. The van der Waals surface area contributed by atoms with Crippen LogP contribution >= 0.6 is 18.2 Å². The number of nitrogens with one attached hydrogen (secondary N) is 1. The van der Waals surface area contributed by atoms with Crippen molar-refractivity contribution in [3.63, 3.8) is 0 Å². The molecule has 1 aliphatic rings. The Balaban J connectivity index is 1.61. The molecule has 2 aromatic rings. The van der Waals surface area contributed by atoms with Crippen molar-refractivity contribution in [2.75, 3.05) is 0 Å². The summed E-state index contributed by atoms with van der Waals surface area (Å²) >= 11 is 5.80. The first-order valence-electron chi connectivity index (χ1n) is 8.80. The second-order valence-electron chi connectivity index (χ2n) is 6.52. The maximum absolute atomic E-state index is 13.0. The Bertz CT molecular complexity index is 843. The topological polar surface area (TPSA) is 73.9 Å². The highest BCUT2D eigenvalue weighted by atomic mass is 35.7. The molecule has 2 aromatic carbocycles. The lowest BCUT2D eigenvalue weighted by molar-refractivity contribution is -0.150. The minimum atomic E-state index is -4.27. The molecule has 0 saturated heterocycles. The Morgan fingerprint density at radius 1 is 1.11 bits per heavy atom. The van der Waals surface area contributed by atoms with Gasteiger partial charge < -0.3 is 9.05 Å². The monoisotopic (exact) mass is 427 g/mol. The number of halogens is 2. The van der Waals surface area contributed by atoms with Crippen LogP contribution in [0.3, 0.4) is 0 Å². The molecule has 0 heterocycles. The van der Waals surface area contributed by atoms with Crippen LogP contribution in [0.1, 0.15) is 31.2 Å². The van der Waals surface area contributed by atoms with Crippen molar-refractivity contribution in [3.05, 3.63) is 66.0 Å². The summed E-state index contributed by atoms with van der Waals surface area (Å²) in [4.78, 5) is 18.2. The first-order valence-corrected chi connectivity index (χ1v) is 11.3. The van der Waals surface area contributed by atoms with E-state index in [1.165, 1.54) is 12.1 Å². The van der Waals surface area contributed by atoms with E-state index >= 15 is 0 Å². The number of hydroxylamine groups is 1. The molecular formula is C19H20ClFNO5P. The summed E-state index contributed by atoms with van der Waals surface area (Å²) in [5, 5.41) is 0. The van der Waals surface area contributed by atoms with Gasteiger partial charge in [0, 0.05) is 11.2 Å². The van der Waals surface area contributed by atoms with Crippen LogP contribution in [0.15, 0.2) is 54.6 Å². The summed E-state index contributed by atoms with van der Waals surface area (Å²) in [7, 11) is 0. The van der Waals surface area contributed by atoms with E-state index in [0.29, 0.717) is 12.8 Å². The van der Waals surface area contributed by atoms with E-state index in [0.717, 1.165) is 30.5 Å². The maximum Gasteiger partial charge on any atom is 0.532 e. The van der Waals surface area contributed by atoms with Crippen LogP contribution in [0.25, 0.3) is 0 Å². The van der Waals surface area contributed by atoms with E-state index in [2.05, 4.69) is 5.48 Å². The Morgan fingerprint density at radius 2 is 1.75 bits per heavy atom. The Morgan fingerprint density at radius 3 is 2.39 bits per heavy atom. The van der Waals surface area contributed by atoms with Gasteiger partial charge in [0.25, 0.3) is 0 Å². The van der Waals surface area contributed by atoms with Gasteiger partial charge in [-0.05, 0) is 42.7 Å². The highest BCUT2D eigenvalue weighted by Crippen LogP contribution is 2.54. The van der Waals surface area contributed by atoms with Crippen molar-refractivity contribution >= 4 is 24.2 Å². The van der Waals surface area contributed by atoms with Gasteiger partial charge in [-0.25, -0.2) is 13.8 Å². The molecule has 1 aliphatic carbocycles. The van der Waals surface area contributed by atoms with E-state index in [9.17, 15) is 13.8 Å². The molecule has 0 bridgehead atoms. The second-order valence-corrected chi connectivity index (χ2v) is 8.99. The van der Waals surface area contributed by atoms with Crippen molar-refractivity contribution in [1.82, 2.24) is 5.48 Å². The normalized spacial score (nSPS) is 17.6. The van der Waals surface area contributed by atoms with Crippen molar-refractivity contribution in [1.29, 1.82) is 0 Å². The molecule has 3 rings (SSSR count). The summed E-state index contributed by atoms with van der Waals surface area (Å²) in [6.45, 7) is -4.02. The van der Waals surface area contributed by atoms with Crippen LogP contribution < -0.4 is 10.0 Å². The van der Waals surface area contributed by atoms with Crippen LogP contribution in [0, 0.1) is 5.82 Å². The molecule has 1 fully saturated rings. The summed E-state index contributed by atoms with van der Waals surface area (Å²) in [5.41, 5.74) is 2.56. The molecule has 0 spiro atoms. The molecule has 0 aliphatic heterocycles. The molecular weight excluding hydrogens is 408 g/mol. The first kappa shape index (κ1) is 20.8. The lowest BCUT2D eigenvalue weighted by atomic mass is 10.00. The number of carbonyl (C=O) groups excluding carboxylic acids is 1. The fourth-order valence-corrected chi connectivity index (χ4v) is 4.20. The summed E-state index contributed by atoms with van der Waals surface area (Å²) < 4.78 is 35.4. The molecule has 1 N–H and O–H groups in total. The van der Waals surface area contributed by atoms with Crippen LogP contribution in [0.2, 0.25) is 0 Å². The number of benzene rings is 2. The molecule has 9 heteroatoms. The maximum atomic E-state index is 13.0. The van der Waals surface area contributed by atoms with Gasteiger partial charge in [0.15, 0.2) is 0 Å². The predicted molar refractivity (Wildman–Crippen MR) is 102 cm³/mol. The third-order valence-electron chi connectivity index (χ3n) is 4.42. The first-order chi connectivity index (χ1) is 13.4. The smallest absolute Gasteiger partial charge is 0.405 e. The number of hydrogen-bond acceptors (Lipinski definition) is 6. The largest absolute Gasteiger partial charge is 0.532 e. The Kier molecular flexibility index (Phi) is 6.73. The molecule has 6 nitrogen and oxygen atoms in total. The molecule has 0 amide bonds. The minimum absolute atomic E-state index is 0.0290. The van der Waals surface area contributed by atoms with Gasteiger partial charge in [-0.15, -0.1) is 0 Å². The average Bonchev–Trinajstić information content (AvgIpc) is 3.14. The quantitative estimate of drug-likeness (QED) is 0.465. The van der Waals surface area contributed by atoms with Gasteiger partial charge in [0.2, 0.25) is 0 Å². The molecule has 1 atom stereocenters.